The Hall–Kier alpha value is -1.51. The Bertz CT molecular complexity index is 386. The predicted octanol–water partition coefficient (Wildman–Crippen LogP) is 2.96. The van der Waals surface area contributed by atoms with Gasteiger partial charge in [0.15, 0.2) is 0 Å². The number of carbonyl (C=O) groups excluding carboxylic acids is 1. The summed E-state index contributed by atoms with van der Waals surface area (Å²) in [5.74, 6) is 1.43. The molecular formula is C15H23NO2. The normalized spacial score (nSPS) is 10.8. The first-order valence-corrected chi connectivity index (χ1v) is 6.51. The summed E-state index contributed by atoms with van der Waals surface area (Å²) in [6.07, 6.45) is 0. The number of amides is 1. The van der Waals surface area contributed by atoms with Crippen LogP contribution in [0.1, 0.15) is 39.2 Å². The van der Waals surface area contributed by atoms with E-state index in [-0.39, 0.29) is 11.8 Å². The van der Waals surface area contributed by atoms with E-state index < -0.39 is 0 Å². The van der Waals surface area contributed by atoms with Crippen LogP contribution >= 0.6 is 0 Å². The predicted molar refractivity (Wildman–Crippen MR) is 73.9 cm³/mol. The second-order valence-electron chi connectivity index (χ2n) is 4.99. The minimum Gasteiger partial charge on any atom is -0.491 e. The van der Waals surface area contributed by atoms with E-state index in [4.69, 9.17) is 4.74 Å². The Kier molecular flexibility index (Phi) is 5.69. The smallest absolute Gasteiger partial charge is 0.222 e. The van der Waals surface area contributed by atoms with Crippen molar-refractivity contribution in [1.29, 1.82) is 0 Å². The molecule has 1 rings (SSSR count). The number of para-hydroxylation sites is 1. The minimum atomic E-state index is 0.0213. The van der Waals surface area contributed by atoms with Crippen LogP contribution in [0.5, 0.6) is 5.75 Å². The topological polar surface area (TPSA) is 38.3 Å². The molecular weight excluding hydrogens is 226 g/mol. The Morgan fingerprint density at radius 1 is 1.22 bits per heavy atom. The van der Waals surface area contributed by atoms with Gasteiger partial charge in [0.25, 0.3) is 0 Å². The third-order valence-electron chi connectivity index (χ3n) is 2.72. The van der Waals surface area contributed by atoms with E-state index in [0.717, 1.165) is 5.75 Å². The Balaban J connectivity index is 2.42. The first kappa shape index (κ1) is 14.6. The molecule has 0 aliphatic rings. The standard InChI is InChI=1S/C15H23NO2/c1-11(2)13-7-5-6-8-14(13)18-10-9-16-15(17)12(3)4/h5-8,11-12H,9-10H2,1-4H3,(H,16,17). The molecule has 100 valence electrons. The van der Waals surface area contributed by atoms with Crippen molar-refractivity contribution in [2.24, 2.45) is 5.92 Å². The second-order valence-corrected chi connectivity index (χ2v) is 4.99. The van der Waals surface area contributed by atoms with Gasteiger partial charge >= 0.3 is 0 Å². The van der Waals surface area contributed by atoms with Gasteiger partial charge in [0.1, 0.15) is 12.4 Å². The van der Waals surface area contributed by atoms with Gasteiger partial charge < -0.3 is 10.1 Å². The number of nitrogens with one attached hydrogen (secondary N) is 1. The van der Waals surface area contributed by atoms with Crippen LogP contribution in [0.4, 0.5) is 0 Å². The van der Waals surface area contributed by atoms with Gasteiger partial charge in [0.05, 0.1) is 6.54 Å². The molecule has 1 N–H and O–H groups in total. The third-order valence-corrected chi connectivity index (χ3v) is 2.72. The zero-order chi connectivity index (χ0) is 13.5. The summed E-state index contributed by atoms with van der Waals surface area (Å²) in [4.78, 5) is 11.4. The molecule has 0 atom stereocenters. The number of hydrogen-bond donors (Lipinski definition) is 1. The highest BCUT2D eigenvalue weighted by Gasteiger charge is 2.08. The van der Waals surface area contributed by atoms with Gasteiger partial charge in [-0.05, 0) is 17.5 Å². The van der Waals surface area contributed by atoms with Crippen molar-refractivity contribution in [3.05, 3.63) is 29.8 Å². The van der Waals surface area contributed by atoms with E-state index in [9.17, 15) is 4.79 Å². The zero-order valence-corrected chi connectivity index (χ0v) is 11.7. The van der Waals surface area contributed by atoms with Crippen molar-refractivity contribution < 1.29 is 9.53 Å². The van der Waals surface area contributed by atoms with E-state index in [1.54, 1.807) is 0 Å². The molecule has 1 amide bonds. The monoisotopic (exact) mass is 249 g/mol. The molecule has 0 spiro atoms. The molecule has 0 heterocycles. The summed E-state index contributed by atoms with van der Waals surface area (Å²) in [6.45, 7) is 9.09. The molecule has 18 heavy (non-hydrogen) atoms. The molecule has 3 nitrogen and oxygen atoms in total. The molecule has 0 fully saturated rings. The first-order chi connectivity index (χ1) is 8.52. The van der Waals surface area contributed by atoms with Crippen LogP contribution in [0, 0.1) is 5.92 Å². The molecule has 0 saturated heterocycles. The summed E-state index contributed by atoms with van der Waals surface area (Å²) in [6, 6.07) is 8.03. The minimum absolute atomic E-state index is 0.0213. The van der Waals surface area contributed by atoms with Crippen molar-refractivity contribution in [3.8, 4) is 5.75 Å². The lowest BCUT2D eigenvalue weighted by Crippen LogP contribution is -2.31. The molecule has 1 aromatic carbocycles. The van der Waals surface area contributed by atoms with Crippen molar-refractivity contribution >= 4 is 5.91 Å². The average molecular weight is 249 g/mol. The molecule has 3 heteroatoms. The highest BCUT2D eigenvalue weighted by atomic mass is 16.5. The molecule has 1 aromatic rings. The van der Waals surface area contributed by atoms with E-state index >= 15 is 0 Å². The van der Waals surface area contributed by atoms with Crippen molar-refractivity contribution in [2.45, 2.75) is 33.6 Å². The van der Waals surface area contributed by atoms with Crippen molar-refractivity contribution in [3.63, 3.8) is 0 Å². The van der Waals surface area contributed by atoms with E-state index in [1.807, 2.05) is 32.0 Å². The van der Waals surface area contributed by atoms with E-state index in [0.29, 0.717) is 19.1 Å². The second kappa shape index (κ2) is 7.04. The fraction of sp³-hybridized carbons (Fsp3) is 0.533. The summed E-state index contributed by atoms with van der Waals surface area (Å²) < 4.78 is 5.71. The lowest BCUT2D eigenvalue weighted by molar-refractivity contribution is -0.124. The van der Waals surface area contributed by atoms with Gasteiger partial charge in [0, 0.05) is 5.92 Å². The van der Waals surface area contributed by atoms with Crippen molar-refractivity contribution in [2.75, 3.05) is 13.2 Å². The molecule has 0 saturated carbocycles. The van der Waals surface area contributed by atoms with Gasteiger partial charge in [-0.25, -0.2) is 0 Å². The molecule has 0 unspecified atom stereocenters. The van der Waals surface area contributed by atoms with E-state index in [1.165, 1.54) is 5.56 Å². The zero-order valence-electron chi connectivity index (χ0n) is 11.7. The van der Waals surface area contributed by atoms with Crippen LogP contribution < -0.4 is 10.1 Å². The fourth-order valence-corrected chi connectivity index (χ4v) is 1.63. The molecule has 0 aliphatic heterocycles. The molecule has 0 aromatic heterocycles. The molecule has 0 radical (unpaired) electrons. The lowest BCUT2D eigenvalue weighted by atomic mass is 10.0. The average Bonchev–Trinajstić information content (AvgIpc) is 2.34. The maximum absolute atomic E-state index is 11.4. The van der Waals surface area contributed by atoms with Crippen LogP contribution in [0.2, 0.25) is 0 Å². The maximum Gasteiger partial charge on any atom is 0.222 e. The Labute approximate surface area is 110 Å². The van der Waals surface area contributed by atoms with Gasteiger partial charge in [-0.15, -0.1) is 0 Å². The largest absolute Gasteiger partial charge is 0.491 e. The number of hydrogen-bond acceptors (Lipinski definition) is 2. The maximum atomic E-state index is 11.4. The summed E-state index contributed by atoms with van der Waals surface area (Å²) in [7, 11) is 0. The fourth-order valence-electron chi connectivity index (χ4n) is 1.63. The Morgan fingerprint density at radius 2 is 1.89 bits per heavy atom. The summed E-state index contributed by atoms with van der Waals surface area (Å²) in [5.41, 5.74) is 1.20. The first-order valence-electron chi connectivity index (χ1n) is 6.51. The molecule has 0 bridgehead atoms. The quantitative estimate of drug-likeness (QED) is 0.787. The van der Waals surface area contributed by atoms with Crippen LogP contribution in [0.15, 0.2) is 24.3 Å². The van der Waals surface area contributed by atoms with Crippen LogP contribution in [-0.4, -0.2) is 19.1 Å². The van der Waals surface area contributed by atoms with Crippen molar-refractivity contribution in [1.82, 2.24) is 5.32 Å². The highest BCUT2D eigenvalue weighted by molar-refractivity contribution is 5.77. The number of benzene rings is 1. The summed E-state index contributed by atoms with van der Waals surface area (Å²) in [5, 5.41) is 2.84. The lowest BCUT2D eigenvalue weighted by Gasteiger charge is -2.14. The van der Waals surface area contributed by atoms with Gasteiger partial charge in [-0.2, -0.15) is 0 Å². The van der Waals surface area contributed by atoms with Gasteiger partial charge in [0.2, 0.25) is 5.91 Å². The number of rotatable bonds is 6. The number of ether oxygens (including phenoxy) is 1. The Morgan fingerprint density at radius 3 is 2.50 bits per heavy atom. The van der Waals surface area contributed by atoms with Crippen LogP contribution in [0.3, 0.4) is 0 Å². The van der Waals surface area contributed by atoms with Gasteiger partial charge in [-0.1, -0.05) is 45.9 Å². The number of carbonyl (C=O) groups is 1. The van der Waals surface area contributed by atoms with Crippen LogP contribution in [-0.2, 0) is 4.79 Å². The van der Waals surface area contributed by atoms with E-state index in [2.05, 4.69) is 25.2 Å². The SMILES string of the molecule is CC(C)C(=O)NCCOc1ccccc1C(C)C. The van der Waals surface area contributed by atoms with Gasteiger partial charge in [-0.3, -0.25) is 4.79 Å². The highest BCUT2D eigenvalue weighted by Crippen LogP contribution is 2.25. The summed E-state index contributed by atoms with van der Waals surface area (Å²) >= 11 is 0. The molecule has 0 aliphatic carbocycles. The van der Waals surface area contributed by atoms with Crippen LogP contribution in [0.25, 0.3) is 0 Å². The third kappa shape index (κ3) is 4.40.